The Morgan fingerprint density at radius 3 is 2.56 bits per heavy atom. The van der Waals surface area contributed by atoms with Gasteiger partial charge in [0.1, 0.15) is 11.5 Å². The van der Waals surface area contributed by atoms with E-state index in [1.165, 1.54) is 13.2 Å². The number of fused-ring (bicyclic) bond motifs is 1. The number of aromatic nitrogens is 1. The van der Waals surface area contributed by atoms with Gasteiger partial charge in [-0.15, -0.1) is 0 Å². The van der Waals surface area contributed by atoms with Crippen molar-refractivity contribution in [2.75, 3.05) is 7.11 Å². The lowest BCUT2D eigenvalue weighted by Crippen LogP contribution is -2.13. The van der Waals surface area contributed by atoms with Gasteiger partial charge in [0, 0.05) is 11.5 Å². The molecule has 0 saturated carbocycles. The Balaban J connectivity index is 2.14. The summed E-state index contributed by atoms with van der Waals surface area (Å²) in [5.41, 5.74) is 0.363. The number of aromatic amines is 1. The van der Waals surface area contributed by atoms with E-state index in [1.807, 2.05) is 0 Å². The topological polar surface area (TPSA) is 91.8 Å². The molecule has 0 aliphatic carbocycles. The van der Waals surface area contributed by atoms with Crippen LogP contribution in [0.1, 0.15) is 31.7 Å². The van der Waals surface area contributed by atoms with Crippen molar-refractivity contribution in [2.24, 2.45) is 0 Å². The Morgan fingerprint density at radius 2 is 1.85 bits per heavy atom. The number of ether oxygens (including phenoxy) is 2. The number of hydrogen-bond acceptors (Lipinski definition) is 5. The largest absolute Gasteiger partial charge is 0.507 e. The molecule has 0 unspecified atom stereocenters. The van der Waals surface area contributed by atoms with Crippen LogP contribution in [-0.2, 0) is 6.42 Å². The summed E-state index contributed by atoms with van der Waals surface area (Å²) in [7, 11) is 1.51. The Labute approximate surface area is 157 Å². The zero-order valence-corrected chi connectivity index (χ0v) is 15.4. The molecule has 6 nitrogen and oxygen atoms in total. The standard InChI is InChI=1S/C21H23NO5/c1-3-4-5-8-14-20(24)15-11-13(26-2)12-18(19(15)22-21(14)25)27-17-10-7-6-9-16(17)23/h6-7,9-12,23H,3-5,8H2,1-2H3,(H2,22,24,25). The van der Waals surface area contributed by atoms with Gasteiger partial charge < -0.3 is 24.7 Å². The summed E-state index contributed by atoms with van der Waals surface area (Å²) in [5, 5.41) is 21.1. The minimum Gasteiger partial charge on any atom is -0.507 e. The monoisotopic (exact) mass is 369 g/mol. The van der Waals surface area contributed by atoms with Gasteiger partial charge in [-0.05, 0) is 31.0 Å². The molecule has 3 rings (SSSR count). The number of hydrogen-bond donors (Lipinski definition) is 3. The average molecular weight is 369 g/mol. The molecule has 0 amide bonds. The van der Waals surface area contributed by atoms with Crippen LogP contribution in [0, 0.1) is 0 Å². The fourth-order valence-corrected chi connectivity index (χ4v) is 3.01. The molecule has 0 radical (unpaired) electrons. The molecule has 0 spiro atoms. The zero-order valence-electron chi connectivity index (χ0n) is 15.4. The second kappa shape index (κ2) is 8.03. The number of H-pyrrole nitrogens is 1. The maximum absolute atomic E-state index is 12.5. The molecule has 0 saturated heterocycles. The van der Waals surface area contributed by atoms with Gasteiger partial charge in [0.2, 0.25) is 0 Å². The Hall–Kier alpha value is -3.15. The molecule has 3 aromatic rings. The molecule has 1 heterocycles. The number of methoxy groups -OCH3 is 1. The van der Waals surface area contributed by atoms with Crippen molar-refractivity contribution in [3.05, 3.63) is 52.3 Å². The summed E-state index contributed by atoms with van der Waals surface area (Å²) in [4.78, 5) is 15.3. The normalized spacial score (nSPS) is 10.9. The summed E-state index contributed by atoms with van der Waals surface area (Å²) < 4.78 is 11.1. The molecule has 1 aromatic heterocycles. The molecule has 0 bridgehead atoms. The summed E-state index contributed by atoms with van der Waals surface area (Å²) in [6, 6.07) is 9.77. The highest BCUT2D eigenvalue weighted by molar-refractivity contribution is 5.92. The minimum absolute atomic E-state index is 0.0313. The Kier molecular flexibility index (Phi) is 5.54. The number of unbranched alkanes of at least 4 members (excludes halogenated alkanes) is 2. The van der Waals surface area contributed by atoms with Gasteiger partial charge in [0.25, 0.3) is 5.56 Å². The van der Waals surface area contributed by atoms with Crippen molar-refractivity contribution >= 4 is 10.9 Å². The SMILES string of the molecule is CCCCCc1c(O)c2cc(OC)cc(Oc3ccccc3O)c2[nH]c1=O. The Morgan fingerprint density at radius 1 is 1.07 bits per heavy atom. The highest BCUT2D eigenvalue weighted by atomic mass is 16.5. The van der Waals surface area contributed by atoms with Gasteiger partial charge in [-0.3, -0.25) is 4.79 Å². The lowest BCUT2D eigenvalue weighted by molar-refractivity contribution is 0.399. The van der Waals surface area contributed by atoms with E-state index in [1.54, 1.807) is 30.3 Å². The first kappa shape index (κ1) is 18.6. The fourth-order valence-electron chi connectivity index (χ4n) is 3.01. The van der Waals surface area contributed by atoms with Crippen LogP contribution in [0.3, 0.4) is 0 Å². The van der Waals surface area contributed by atoms with Crippen molar-refractivity contribution in [1.82, 2.24) is 4.98 Å². The van der Waals surface area contributed by atoms with Gasteiger partial charge in [0.15, 0.2) is 17.2 Å². The van der Waals surface area contributed by atoms with Gasteiger partial charge in [-0.1, -0.05) is 31.9 Å². The summed E-state index contributed by atoms with van der Waals surface area (Å²) >= 11 is 0. The number of aromatic hydroxyl groups is 2. The van der Waals surface area contributed by atoms with Gasteiger partial charge in [0.05, 0.1) is 18.2 Å². The second-order valence-electron chi connectivity index (χ2n) is 6.36. The zero-order chi connectivity index (χ0) is 19.4. The number of rotatable bonds is 7. The van der Waals surface area contributed by atoms with E-state index in [4.69, 9.17) is 9.47 Å². The van der Waals surface area contributed by atoms with E-state index in [0.29, 0.717) is 28.6 Å². The summed E-state index contributed by atoms with van der Waals surface area (Å²) in [5.74, 6) is 0.884. The van der Waals surface area contributed by atoms with E-state index in [2.05, 4.69) is 11.9 Å². The van der Waals surface area contributed by atoms with Crippen LogP contribution >= 0.6 is 0 Å². The van der Waals surface area contributed by atoms with Crippen LogP contribution in [0.25, 0.3) is 10.9 Å². The first-order chi connectivity index (χ1) is 13.0. The highest BCUT2D eigenvalue weighted by Gasteiger charge is 2.17. The summed E-state index contributed by atoms with van der Waals surface area (Å²) in [6.45, 7) is 2.08. The molecule has 142 valence electrons. The second-order valence-corrected chi connectivity index (χ2v) is 6.36. The van der Waals surface area contributed by atoms with Crippen molar-refractivity contribution in [3.8, 4) is 28.7 Å². The van der Waals surface area contributed by atoms with Gasteiger partial charge in [-0.2, -0.15) is 0 Å². The highest BCUT2D eigenvalue weighted by Crippen LogP contribution is 2.39. The van der Waals surface area contributed by atoms with Crippen molar-refractivity contribution in [3.63, 3.8) is 0 Å². The molecule has 0 fully saturated rings. The number of pyridine rings is 1. The van der Waals surface area contributed by atoms with E-state index < -0.39 is 0 Å². The van der Waals surface area contributed by atoms with Crippen LogP contribution in [-0.4, -0.2) is 22.3 Å². The van der Waals surface area contributed by atoms with Crippen LogP contribution in [0.5, 0.6) is 28.7 Å². The van der Waals surface area contributed by atoms with Crippen LogP contribution in [0.4, 0.5) is 0 Å². The molecule has 0 aliphatic heterocycles. The molecule has 27 heavy (non-hydrogen) atoms. The quantitative estimate of drug-likeness (QED) is 0.534. The van der Waals surface area contributed by atoms with Gasteiger partial charge in [-0.25, -0.2) is 0 Å². The minimum atomic E-state index is -0.344. The van der Waals surface area contributed by atoms with Gasteiger partial charge >= 0.3 is 0 Å². The number of phenolic OH excluding ortho intramolecular Hbond substituents is 1. The molecule has 3 N–H and O–H groups in total. The summed E-state index contributed by atoms with van der Waals surface area (Å²) in [6.07, 6.45) is 3.33. The lowest BCUT2D eigenvalue weighted by atomic mass is 10.0. The van der Waals surface area contributed by atoms with Crippen molar-refractivity contribution in [1.29, 1.82) is 0 Å². The third-order valence-corrected chi connectivity index (χ3v) is 4.48. The Bertz CT molecular complexity index is 1010. The predicted octanol–water partition coefficient (Wildman–Crippen LogP) is 4.47. The number of nitrogens with one attached hydrogen (secondary N) is 1. The molecule has 0 atom stereocenters. The third-order valence-electron chi connectivity index (χ3n) is 4.48. The number of phenols is 1. The third kappa shape index (κ3) is 3.84. The average Bonchev–Trinajstić information content (AvgIpc) is 2.66. The lowest BCUT2D eigenvalue weighted by Gasteiger charge is -2.14. The first-order valence-electron chi connectivity index (χ1n) is 8.96. The van der Waals surface area contributed by atoms with E-state index >= 15 is 0 Å². The smallest absolute Gasteiger partial charge is 0.255 e. The van der Waals surface area contributed by atoms with E-state index in [9.17, 15) is 15.0 Å². The molecular formula is C21H23NO5. The van der Waals surface area contributed by atoms with Crippen LogP contribution < -0.4 is 15.0 Å². The maximum atomic E-state index is 12.5. The molecular weight excluding hydrogens is 346 g/mol. The molecule has 6 heteroatoms. The predicted molar refractivity (Wildman–Crippen MR) is 104 cm³/mol. The van der Waals surface area contributed by atoms with Crippen molar-refractivity contribution < 1.29 is 19.7 Å². The van der Waals surface area contributed by atoms with Crippen LogP contribution in [0.15, 0.2) is 41.2 Å². The number of benzene rings is 2. The van der Waals surface area contributed by atoms with Crippen LogP contribution in [0.2, 0.25) is 0 Å². The fraction of sp³-hybridized carbons (Fsp3) is 0.286. The number of para-hydroxylation sites is 2. The first-order valence-corrected chi connectivity index (χ1v) is 8.96. The maximum Gasteiger partial charge on any atom is 0.255 e. The van der Waals surface area contributed by atoms with E-state index in [-0.39, 0.29) is 28.6 Å². The molecule has 2 aromatic carbocycles. The molecule has 0 aliphatic rings. The van der Waals surface area contributed by atoms with E-state index in [0.717, 1.165) is 19.3 Å². The van der Waals surface area contributed by atoms with Crippen molar-refractivity contribution in [2.45, 2.75) is 32.6 Å².